The molecule has 0 aromatic heterocycles. The minimum atomic E-state index is 0.680. The molecule has 0 aromatic rings. The average Bonchev–Trinajstić information content (AvgIpc) is 2.39. The van der Waals surface area contributed by atoms with E-state index in [0.717, 1.165) is 25.2 Å². The van der Waals surface area contributed by atoms with Crippen LogP contribution < -0.4 is 5.32 Å². The van der Waals surface area contributed by atoms with Crippen LogP contribution in [-0.4, -0.2) is 50.3 Å². The Morgan fingerprint density at radius 2 is 1.82 bits per heavy atom. The Morgan fingerprint density at radius 3 is 2.47 bits per heavy atom. The van der Waals surface area contributed by atoms with Crippen LogP contribution in [0, 0.1) is 5.92 Å². The van der Waals surface area contributed by atoms with E-state index in [1.54, 1.807) is 0 Å². The van der Waals surface area contributed by atoms with Gasteiger partial charge in [-0.05, 0) is 52.1 Å². The number of hydrogen-bond donors (Lipinski definition) is 1. The van der Waals surface area contributed by atoms with E-state index < -0.39 is 0 Å². The second-order valence-electron chi connectivity index (χ2n) is 5.89. The summed E-state index contributed by atoms with van der Waals surface area (Å²) in [6.45, 7) is 4.29. The molecule has 2 fully saturated rings. The molecule has 2 aliphatic rings. The summed E-state index contributed by atoms with van der Waals surface area (Å²) in [6.07, 6.45) is 6.47. The summed E-state index contributed by atoms with van der Waals surface area (Å²) in [6, 6.07) is 2.13. The molecule has 3 nitrogen and oxygen atoms in total. The van der Waals surface area contributed by atoms with Gasteiger partial charge in [-0.15, -0.1) is 0 Å². The lowest BCUT2D eigenvalue weighted by molar-refractivity contribution is 0.0101. The number of nitrogens with one attached hydrogen (secondary N) is 1. The van der Waals surface area contributed by atoms with Crippen LogP contribution in [0.4, 0.5) is 0 Å². The van der Waals surface area contributed by atoms with Crippen molar-refractivity contribution < 1.29 is 4.74 Å². The van der Waals surface area contributed by atoms with Crippen LogP contribution in [-0.2, 0) is 4.74 Å². The van der Waals surface area contributed by atoms with Gasteiger partial charge in [-0.2, -0.15) is 0 Å². The monoisotopic (exact) mass is 240 g/mol. The van der Waals surface area contributed by atoms with Gasteiger partial charge in [0.25, 0.3) is 0 Å². The Kier molecular flexibility index (Phi) is 4.83. The Morgan fingerprint density at radius 1 is 1.12 bits per heavy atom. The maximum atomic E-state index is 5.47. The Hall–Kier alpha value is -0.120. The smallest absolute Gasteiger partial charge is 0.0480 e. The van der Waals surface area contributed by atoms with Crippen LogP contribution in [0.15, 0.2) is 0 Å². The summed E-state index contributed by atoms with van der Waals surface area (Å²) in [5.74, 6) is 0.881. The molecule has 1 heterocycles. The maximum Gasteiger partial charge on any atom is 0.0480 e. The second kappa shape index (κ2) is 6.17. The normalized spacial score (nSPS) is 36.4. The molecule has 3 unspecified atom stereocenters. The van der Waals surface area contributed by atoms with Crippen LogP contribution in [0.3, 0.4) is 0 Å². The van der Waals surface area contributed by atoms with Gasteiger partial charge in [0.05, 0.1) is 0 Å². The van der Waals surface area contributed by atoms with Gasteiger partial charge in [-0.1, -0.05) is 6.92 Å². The molecule has 0 radical (unpaired) electrons. The van der Waals surface area contributed by atoms with Crippen LogP contribution in [0.2, 0.25) is 0 Å². The molecule has 0 amide bonds. The lowest BCUT2D eigenvalue weighted by Gasteiger charge is -2.44. The van der Waals surface area contributed by atoms with E-state index >= 15 is 0 Å². The Bertz CT molecular complexity index is 228. The van der Waals surface area contributed by atoms with E-state index in [1.807, 2.05) is 0 Å². The van der Waals surface area contributed by atoms with Gasteiger partial charge < -0.3 is 10.1 Å². The van der Waals surface area contributed by atoms with E-state index in [1.165, 1.54) is 32.1 Å². The predicted molar refractivity (Wildman–Crippen MR) is 71.3 cm³/mol. The number of likely N-dealkylation sites (N-methyl/N-ethyl adjacent to an activating group) is 2. The first-order chi connectivity index (χ1) is 8.22. The number of nitrogens with zero attached hydrogens (tertiary/aromatic N) is 1. The summed E-state index contributed by atoms with van der Waals surface area (Å²) in [5, 5.41) is 3.52. The molecule has 0 bridgehead atoms. The van der Waals surface area contributed by atoms with Crippen molar-refractivity contribution in [3.8, 4) is 0 Å². The molecule has 3 atom stereocenters. The average molecular weight is 240 g/mol. The van der Waals surface area contributed by atoms with Crippen molar-refractivity contribution in [2.45, 2.75) is 57.2 Å². The highest BCUT2D eigenvalue weighted by molar-refractivity contribution is 4.91. The number of rotatable bonds is 3. The molecular weight excluding hydrogens is 212 g/mol. The van der Waals surface area contributed by atoms with Crippen molar-refractivity contribution in [2.75, 3.05) is 27.3 Å². The Labute approximate surface area is 106 Å². The van der Waals surface area contributed by atoms with Gasteiger partial charge in [0.1, 0.15) is 0 Å². The lowest BCUT2D eigenvalue weighted by Crippen LogP contribution is -2.54. The maximum absolute atomic E-state index is 5.47. The fourth-order valence-electron chi connectivity index (χ4n) is 3.50. The highest BCUT2D eigenvalue weighted by Crippen LogP contribution is 2.29. The summed E-state index contributed by atoms with van der Waals surface area (Å²) in [7, 11) is 4.44. The van der Waals surface area contributed by atoms with Gasteiger partial charge in [0, 0.05) is 31.3 Å². The van der Waals surface area contributed by atoms with Gasteiger partial charge in [0.15, 0.2) is 0 Å². The topological polar surface area (TPSA) is 24.5 Å². The van der Waals surface area contributed by atoms with Crippen molar-refractivity contribution in [3.05, 3.63) is 0 Å². The minimum Gasteiger partial charge on any atom is -0.381 e. The fourth-order valence-corrected chi connectivity index (χ4v) is 3.50. The van der Waals surface area contributed by atoms with E-state index in [2.05, 4.69) is 31.2 Å². The predicted octanol–water partition coefficient (Wildman–Crippen LogP) is 1.87. The molecule has 1 aliphatic heterocycles. The molecule has 1 N–H and O–H groups in total. The van der Waals surface area contributed by atoms with Crippen LogP contribution in [0.5, 0.6) is 0 Å². The molecule has 17 heavy (non-hydrogen) atoms. The van der Waals surface area contributed by atoms with Crippen molar-refractivity contribution in [2.24, 2.45) is 5.92 Å². The summed E-state index contributed by atoms with van der Waals surface area (Å²) >= 11 is 0. The van der Waals surface area contributed by atoms with Gasteiger partial charge in [-0.3, -0.25) is 4.90 Å². The number of ether oxygens (including phenoxy) is 1. The summed E-state index contributed by atoms with van der Waals surface area (Å²) < 4.78 is 5.47. The molecule has 0 spiro atoms. The zero-order valence-corrected chi connectivity index (χ0v) is 11.6. The first-order valence-corrected chi connectivity index (χ1v) is 7.19. The SMILES string of the molecule is CNC1CCC(C)CC1N(C)C1CCOCC1. The zero-order chi connectivity index (χ0) is 12.3. The van der Waals surface area contributed by atoms with Crippen LogP contribution in [0.1, 0.15) is 39.0 Å². The molecule has 1 saturated heterocycles. The standard InChI is InChI=1S/C14H28N2O/c1-11-4-5-13(15-2)14(10-11)16(3)12-6-8-17-9-7-12/h11-15H,4-10H2,1-3H3. The molecule has 100 valence electrons. The van der Waals surface area contributed by atoms with E-state index in [9.17, 15) is 0 Å². The summed E-state index contributed by atoms with van der Waals surface area (Å²) in [5.41, 5.74) is 0. The zero-order valence-electron chi connectivity index (χ0n) is 11.6. The van der Waals surface area contributed by atoms with E-state index in [4.69, 9.17) is 4.74 Å². The van der Waals surface area contributed by atoms with Crippen molar-refractivity contribution in [1.29, 1.82) is 0 Å². The molecular formula is C14H28N2O. The van der Waals surface area contributed by atoms with Gasteiger partial charge >= 0.3 is 0 Å². The van der Waals surface area contributed by atoms with Crippen molar-refractivity contribution >= 4 is 0 Å². The quantitative estimate of drug-likeness (QED) is 0.815. The van der Waals surface area contributed by atoms with E-state index in [0.29, 0.717) is 12.1 Å². The molecule has 2 rings (SSSR count). The van der Waals surface area contributed by atoms with Gasteiger partial charge in [0.2, 0.25) is 0 Å². The molecule has 1 aliphatic carbocycles. The van der Waals surface area contributed by atoms with Gasteiger partial charge in [-0.25, -0.2) is 0 Å². The highest BCUT2D eigenvalue weighted by Gasteiger charge is 2.33. The molecule has 1 saturated carbocycles. The molecule has 3 heteroatoms. The van der Waals surface area contributed by atoms with Crippen molar-refractivity contribution in [1.82, 2.24) is 10.2 Å². The highest BCUT2D eigenvalue weighted by atomic mass is 16.5. The lowest BCUT2D eigenvalue weighted by atomic mass is 9.82. The second-order valence-corrected chi connectivity index (χ2v) is 5.89. The molecule has 0 aromatic carbocycles. The first-order valence-electron chi connectivity index (χ1n) is 7.19. The largest absolute Gasteiger partial charge is 0.381 e. The third kappa shape index (κ3) is 3.21. The Balaban J connectivity index is 1.96. The van der Waals surface area contributed by atoms with E-state index in [-0.39, 0.29) is 0 Å². The van der Waals surface area contributed by atoms with Crippen LogP contribution >= 0.6 is 0 Å². The minimum absolute atomic E-state index is 0.680. The third-order valence-corrected chi connectivity index (χ3v) is 4.74. The number of hydrogen-bond acceptors (Lipinski definition) is 3. The van der Waals surface area contributed by atoms with Crippen molar-refractivity contribution in [3.63, 3.8) is 0 Å². The summed E-state index contributed by atoms with van der Waals surface area (Å²) in [4.78, 5) is 2.64. The van der Waals surface area contributed by atoms with Crippen LogP contribution in [0.25, 0.3) is 0 Å². The third-order valence-electron chi connectivity index (χ3n) is 4.74. The first kappa shape index (κ1) is 13.3. The fraction of sp³-hybridized carbons (Fsp3) is 1.00.